The Bertz CT molecular complexity index is 644. The topological polar surface area (TPSA) is 39.2 Å². The third kappa shape index (κ3) is 2.60. The maximum absolute atomic E-state index is 12.6. The van der Waals surface area contributed by atoms with Crippen molar-refractivity contribution in [3.8, 4) is 0 Å². The van der Waals surface area contributed by atoms with E-state index in [9.17, 15) is 4.79 Å². The van der Waals surface area contributed by atoms with Gasteiger partial charge in [-0.25, -0.2) is 4.98 Å². The van der Waals surface area contributed by atoms with Crippen molar-refractivity contribution in [2.75, 3.05) is 0 Å². The van der Waals surface area contributed by atoms with Crippen LogP contribution in [0.4, 0.5) is 0 Å². The van der Waals surface area contributed by atoms with Crippen molar-refractivity contribution in [2.24, 2.45) is 0 Å². The predicted molar refractivity (Wildman–Crippen MR) is 83.4 cm³/mol. The lowest BCUT2D eigenvalue weighted by Crippen LogP contribution is -2.43. The average molecular weight is 301 g/mol. The number of esters is 1. The van der Waals surface area contributed by atoms with Crippen molar-refractivity contribution in [1.82, 2.24) is 4.98 Å². The summed E-state index contributed by atoms with van der Waals surface area (Å²) >= 11 is 1.64. The van der Waals surface area contributed by atoms with E-state index in [0.717, 1.165) is 40.4 Å². The molecule has 1 heterocycles. The van der Waals surface area contributed by atoms with Gasteiger partial charge in [0.15, 0.2) is 0 Å². The number of ether oxygens (including phenoxy) is 1. The highest BCUT2D eigenvalue weighted by Gasteiger charge is 2.47. The Balaban J connectivity index is 1.73. The monoisotopic (exact) mass is 301 g/mol. The molecule has 1 aliphatic carbocycles. The third-order valence-corrected chi connectivity index (χ3v) is 5.19. The first kappa shape index (κ1) is 14.3. The number of aromatic nitrogens is 1. The highest BCUT2D eigenvalue weighted by Crippen LogP contribution is 2.44. The zero-order valence-electron chi connectivity index (χ0n) is 12.4. The SMILES string of the molecule is Cc1nc(COC(=O)C2(c3ccccc3)CCC2)c(C)s1. The highest BCUT2D eigenvalue weighted by molar-refractivity contribution is 7.11. The summed E-state index contributed by atoms with van der Waals surface area (Å²) in [5.74, 6) is -0.106. The van der Waals surface area contributed by atoms with Crippen LogP contribution in [0.2, 0.25) is 0 Å². The van der Waals surface area contributed by atoms with Gasteiger partial charge in [-0.1, -0.05) is 36.8 Å². The summed E-state index contributed by atoms with van der Waals surface area (Å²) in [6.45, 7) is 4.27. The Hall–Kier alpha value is -1.68. The molecule has 0 bridgehead atoms. The molecule has 0 amide bonds. The second-order valence-corrected chi connectivity index (χ2v) is 7.02. The normalized spacial score (nSPS) is 16.3. The van der Waals surface area contributed by atoms with Crippen LogP contribution < -0.4 is 0 Å². The average Bonchev–Trinajstić information content (AvgIpc) is 2.75. The molecule has 1 fully saturated rings. The lowest BCUT2D eigenvalue weighted by molar-refractivity contribution is -0.156. The largest absolute Gasteiger partial charge is 0.458 e. The lowest BCUT2D eigenvalue weighted by Gasteiger charge is -2.39. The molecule has 3 nitrogen and oxygen atoms in total. The van der Waals surface area contributed by atoms with E-state index >= 15 is 0 Å². The number of carbonyl (C=O) groups is 1. The zero-order chi connectivity index (χ0) is 14.9. The number of hydrogen-bond acceptors (Lipinski definition) is 4. The van der Waals surface area contributed by atoms with Crippen LogP contribution in [-0.4, -0.2) is 11.0 Å². The summed E-state index contributed by atoms with van der Waals surface area (Å²) in [6, 6.07) is 9.99. The summed E-state index contributed by atoms with van der Waals surface area (Å²) in [6.07, 6.45) is 2.84. The van der Waals surface area contributed by atoms with Crippen molar-refractivity contribution in [3.05, 3.63) is 51.5 Å². The minimum atomic E-state index is -0.430. The molecular formula is C17H19NO2S. The van der Waals surface area contributed by atoms with E-state index in [1.54, 1.807) is 11.3 Å². The molecular weight excluding hydrogens is 282 g/mol. The smallest absolute Gasteiger partial charge is 0.316 e. The zero-order valence-corrected chi connectivity index (χ0v) is 13.2. The molecule has 21 heavy (non-hydrogen) atoms. The van der Waals surface area contributed by atoms with Crippen molar-refractivity contribution < 1.29 is 9.53 Å². The molecule has 0 spiro atoms. The second-order valence-electron chi connectivity index (χ2n) is 5.61. The summed E-state index contributed by atoms with van der Waals surface area (Å²) in [7, 11) is 0. The van der Waals surface area contributed by atoms with Crippen LogP contribution in [-0.2, 0) is 21.6 Å². The van der Waals surface area contributed by atoms with Crippen molar-refractivity contribution >= 4 is 17.3 Å². The molecule has 4 heteroatoms. The number of rotatable bonds is 4. The van der Waals surface area contributed by atoms with Crippen LogP contribution in [0.15, 0.2) is 30.3 Å². The van der Waals surface area contributed by atoms with Gasteiger partial charge in [0.1, 0.15) is 6.61 Å². The van der Waals surface area contributed by atoms with Gasteiger partial charge in [0.2, 0.25) is 0 Å². The number of nitrogens with zero attached hydrogens (tertiary/aromatic N) is 1. The van der Waals surface area contributed by atoms with Crippen LogP contribution in [0.5, 0.6) is 0 Å². The molecule has 0 N–H and O–H groups in total. The van der Waals surface area contributed by atoms with Gasteiger partial charge in [0.05, 0.1) is 16.1 Å². The van der Waals surface area contributed by atoms with Gasteiger partial charge in [0.25, 0.3) is 0 Å². The standard InChI is InChI=1S/C17H19NO2S/c1-12-15(18-13(2)21-12)11-20-16(19)17(9-6-10-17)14-7-4-3-5-8-14/h3-5,7-8H,6,9-11H2,1-2H3. The van der Waals surface area contributed by atoms with Crippen LogP contribution in [0.25, 0.3) is 0 Å². The Morgan fingerprint density at radius 2 is 2.00 bits per heavy atom. The Labute approximate surface area is 129 Å². The van der Waals surface area contributed by atoms with E-state index in [2.05, 4.69) is 4.98 Å². The lowest BCUT2D eigenvalue weighted by atomic mass is 9.64. The number of carbonyl (C=O) groups excluding carboxylic acids is 1. The van der Waals surface area contributed by atoms with Gasteiger partial charge in [-0.2, -0.15) is 0 Å². The number of thiazole rings is 1. The van der Waals surface area contributed by atoms with Crippen LogP contribution >= 0.6 is 11.3 Å². The molecule has 0 radical (unpaired) electrons. The van der Waals surface area contributed by atoms with E-state index in [0.29, 0.717) is 0 Å². The first-order valence-electron chi connectivity index (χ1n) is 7.27. The molecule has 110 valence electrons. The van der Waals surface area contributed by atoms with E-state index in [1.807, 2.05) is 44.2 Å². The van der Waals surface area contributed by atoms with Gasteiger partial charge in [-0.3, -0.25) is 4.79 Å². The fourth-order valence-corrected chi connectivity index (χ4v) is 3.70. The van der Waals surface area contributed by atoms with Gasteiger partial charge in [-0.15, -0.1) is 11.3 Å². The maximum Gasteiger partial charge on any atom is 0.316 e. The van der Waals surface area contributed by atoms with Crippen molar-refractivity contribution in [2.45, 2.75) is 45.1 Å². The molecule has 2 aromatic rings. The summed E-state index contributed by atoms with van der Waals surface area (Å²) < 4.78 is 5.59. The quantitative estimate of drug-likeness (QED) is 0.803. The van der Waals surface area contributed by atoms with Gasteiger partial charge in [-0.05, 0) is 32.3 Å². The minimum absolute atomic E-state index is 0.106. The van der Waals surface area contributed by atoms with E-state index in [-0.39, 0.29) is 12.6 Å². The van der Waals surface area contributed by atoms with Crippen molar-refractivity contribution in [1.29, 1.82) is 0 Å². The minimum Gasteiger partial charge on any atom is -0.458 e. The first-order chi connectivity index (χ1) is 10.1. The summed E-state index contributed by atoms with van der Waals surface area (Å²) in [5.41, 5.74) is 1.53. The van der Waals surface area contributed by atoms with E-state index in [1.165, 1.54) is 0 Å². The predicted octanol–water partition coefficient (Wildman–Crippen LogP) is 3.93. The molecule has 0 saturated heterocycles. The van der Waals surface area contributed by atoms with E-state index < -0.39 is 5.41 Å². The summed E-state index contributed by atoms with van der Waals surface area (Å²) in [4.78, 5) is 18.1. The van der Waals surface area contributed by atoms with Crippen LogP contribution in [0, 0.1) is 13.8 Å². The molecule has 1 aromatic carbocycles. The molecule has 0 atom stereocenters. The Morgan fingerprint density at radius 1 is 1.29 bits per heavy atom. The molecule has 3 rings (SSSR count). The fraction of sp³-hybridized carbons (Fsp3) is 0.412. The Kier molecular flexibility index (Phi) is 3.81. The molecule has 0 aliphatic heterocycles. The summed E-state index contributed by atoms with van der Waals surface area (Å²) in [5, 5.41) is 1.01. The number of aryl methyl sites for hydroxylation is 2. The molecule has 1 saturated carbocycles. The molecule has 0 unspecified atom stereocenters. The van der Waals surface area contributed by atoms with Gasteiger partial charge < -0.3 is 4.74 Å². The van der Waals surface area contributed by atoms with Gasteiger partial charge in [0, 0.05) is 4.88 Å². The van der Waals surface area contributed by atoms with Crippen molar-refractivity contribution in [3.63, 3.8) is 0 Å². The fourth-order valence-electron chi connectivity index (χ4n) is 2.88. The van der Waals surface area contributed by atoms with Gasteiger partial charge >= 0.3 is 5.97 Å². The third-order valence-electron chi connectivity index (χ3n) is 4.26. The number of benzene rings is 1. The maximum atomic E-state index is 12.6. The van der Waals surface area contributed by atoms with Crippen LogP contribution in [0.1, 0.15) is 40.4 Å². The van der Waals surface area contributed by atoms with E-state index in [4.69, 9.17) is 4.74 Å². The van der Waals surface area contributed by atoms with Crippen LogP contribution in [0.3, 0.4) is 0 Å². The number of hydrogen-bond donors (Lipinski definition) is 0. The second kappa shape index (κ2) is 5.60. The first-order valence-corrected chi connectivity index (χ1v) is 8.09. The molecule has 1 aliphatic rings. The highest BCUT2D eigenvalue weighted by atomic mass is 32.1. The molecule has 1 aromatic heterocycles. The Morgan fingerprint density at radius 3 is 2.52 bits per heavy atom.